The minimum Gasteiger partial charge on any atom is -0.461 e. The maximum absolute atomic E-state index is 11.8. The molecule has 0 aliphatic carbocycles. The number of anilines is 1. The summed E-state index contributed by atoms with van der Waals surface area (Å²) in [5.41, 5.74) is 1.45. The van der Waals surface area contributed by atoms with Gasteiger partial charge in [-0.3, -0.25) is 14.4 Å². The molecular formula is C19H29N3O4. The summed E-state index contributed by atoms with van der Waals surface area (Å²) >= 11 is 0. The van der Waals surface area contributed by atoms with Crippen LogP contribution < -0.4 is 16.0 Å². The van der Waals surface area contributed by atoms with E-state index in [1.165, 1.54) is 0 Å². The van der Waals surface area contributed by atoms with Gasteiger partial charge in [0.2, 0.25) is 11.8 Å². The van der Waals surface area contributed by atoms with Crippen LogP contribution in [0.4, 0.5) is 5.69 Å². The van der Waals surface area contributed by atoms with Gasteiger partial charge in [0.15, 0.2) is 0 Å². The van der Waals surface area contributed by atoms with E-state index in [0.717, 1.165) is 12.0 Å². The van der Waals surface area contributed by atoms with Crippen LogP contribution in [0.3, 0.4) is 0 Å². The van der Waals surface area contributed by atoms with Gasteiger partial charge in [0, 0.05) is 11.7 Å². The lowest BCUT2D eigenvalue weighted by Gasteiger charge is -2.11. The Morgan fingerprint density at radius 2 is 1.65 bits per heavy atom. The monoisotopic (exact) mass is 363 g/mol. The minimum atomic E-state index is -0.307. The van der Waals surface area contributed by atoms with Crippen molar-refractivity contribution in [3.63, 3.8) is 0 Å². The van der Waals surface area contributed by atoms with Crippen molar-refractivity contribution in [1.29, 1.82) is 0 Å². The first-order chi connectivity index (χ1) is 12.3. The van der Waals surface area contributed by atoms with Crippen LogP contribution in [0.2, 0.25) is 0 Å². The Labute approximate surface area is 154 Å². The number of amides is 2. The van der Waals surface area contributed by atoms with Gasteiger partial charge in [-0.25, -0.2) is 0 Å². The van der Waals surface area contributed by atoms with Crippen LogP contribution in [-0.2, 0) is 25.7 Å². The second kappa shape index (κ2) is 11.3. The highest BCUT2D eigenvalue weighted by Crippen LogP contribution is 2.12. The molecule has 26 heavy (non-hydrogen) atoms. The van der Waals surface area contributed by atoms with Crippen LogP contribution in [-0.4, -0.2) is 36.9 Å². The molecule has 0 aromatic heterocycles. The molecule has 0 fully saturated rings. The van der Waals surface area contributed by atoms with Gasteiger partial charge in [0.1, 0.15) is 6.61 Å². The maximum atomic E-state index is 11.8. The molecule has 1 atom stereocenters. The molecule has 1 unspecified atom stereocenters. The van der Waals surface area contributed by atoms with E-state index < -0.39 is 0 Å². The zero-order valence-electron chi connectivity index (χ0n) is 15.9. The van der Waals surface area contributed by atoms with Gasteiger partial charge in [0.05, 0.1) is 19.0 Å². The number of carbonyl (C=O) groups is 3. The summed E-state index contributed by atoms with van der Waals surface area (Å²) in [4.78, 5) is 35.1. The standard InChI is InChI=1S/C19H29N3O4/c1-5-14(4)19(25)26-12-15-6-8-16(9-7-15)22-18(24)11-21-17(23)10-20-13(2)3/h6-9,13-14,20H,5,10-12H2,1-4H3,(H,21,23)(H,22,24). The van der Waals surface area contributed by atoms with E-state index in [9.17, 15) is 14.4 Å². The van der Waals surface area contributed by atoms with Gasteiger partial charge in [-0.2, -0.15) is 0 Å². The zero-order chi connectivity index (χ0) is 19.5. The molecule has 0 aliphatic rings. The maximum Gasteiger partial charge on any atom is 0.308 e. The van der Waals surface area contributed by atoms with E-state index in [1.807, 2.05) is 27.7 Å². The topological polar surface area (TPSA) is 96.5 Å². The van der Waals surface area contributed by atoms with Crippen LogP contribution in [0.15, 0.2) is 24.3 Å². The molecule has 7 nitrogen and oxygen atoms in total. The van der Waals surface area contributed by atoms with E-state index >= 15 is 0 Å². The first-order valence-electron chi connectivity index (χ1n) is 8.87. The summed E-state index contributed by atoms with van der Waals surface area (Å²) in [6.45, 7) is 7.94. The number of hydrogen-bond donors (Lipinski definition) is 3. The number of hydrogen-bond acceptors (Lipinski definition) is 5. The average Bonchev–Trinajstić information content (AvgIpc) is 2.63. The lowest BCUT2D eigenvalue weighted by molar-refractivity contribution is -0.149. The highest BCUT2D eigenvalue weighted by atomic mass is 16.5. The lowest BCUT2D eigenvalue weighted by atomic mass is 10.1. The molecule has 0 spiro atoms. The molecule has 1 rings (SSSR count). The second-order valence-corrected chi connectivity index (χ2v) is 6.47. The fraction of sp³-hybridized carbons (Fsp3) is 0.526. The minimum absolute atomic E-state index is 0.0904. The quantitative estimate of drug-likeness (QED) is 0.551. The number of rotatable bonds is 10. The second-order valence-electron chi connectivity index (χ2n) is 6.47. The fourth-order valence-corrected chi connectivity index (χ4v) is 1.89. The van der Waals surface area contributed by atoms with Crippen LogP contribution in [0.5, 0.6) is 0 Å². The van der Waals surface area contributed by atoms with E-state index in [0.29, 0.717) is 5.69 Å². The van der Waals surface area contributed by atoms with Crippen molar-refractivity contribution >= 4 is 23.5 Å². The summed E-state index contributed by atoms with van der Waals surface area (Å²) in [7, 11) is 0. The summed E-state index contributed by atoms with van der Waals surface area (Å²) in [5.74, 6) is -0.863. The van der Waals surface area contributed by atoms with Crippen molar-refractivity contribution in [2.24, 2.45) is 5.92 Å². The smallest absolute Gasteiger partial charge is 0.308 e. The molecule has 2 amide bonds. The first-order valence-corrected chi connectivity index (χ1v) is 8.87. The molecule has 0 saturated heterocycles. The predicted octanol–water partition coefficient (Wildman–Crippen LogP) is 1.83. The van der Waals surface area contributed by atoms with E-state index in [4.69, 9.17) is 4.74 Å². The Balaban J connectivity index is 2.36. The summed E-state index contributed by atoms with van der Waals surface area (Å²) < 4.78 is 5.23. The molecule has 0 aliphatic heterocycles. The summed E-state index contributed by atoms with van der Waals surface area (Å²) in [5, 5.41) is 8.22. The molecule has 144 valence electrons. The number of benzene rings is 1. The third-order valence-corrected chi connectivity index (χ3v) is 3.75. The van der Waals surface area contributed by atoms with Crippen LogP contribution in [0.25, 0.3) is 0 Å². The average molecular weight is 363 g/mol. The molecule has 1 aromatic carbocycles. The highest BCUT2D eigenvalue weighted by molar-refractivity contribution is 5.94. The van der Waals surface area contributed by atoms with Gasteiger partial charge >= 0.3 is 5.97 Å². The number of esters is 1. The molecule has 0 heterocycles. The van der Waals surface area contributed by atoms with Crippen molar-refractivity contribution in [1.82, 2.24) is 10.6 Å². The van der Waals surface area contributed by atoms with E-state index in [2.05, 4.69) is 16.0 Å². The molecule has 0 saturated carbocycles. The Kier molecular flexibility index (Phi) is 9.36. The largest absolute Gasteiger partial charge is 0.461 e. The van der Waals surface area contributed by atoms with Gasteiger partial charge in [0.25, 0.3) is 0 Å². The van der Waals surface area contributed by atoms with Gasteiger partial charge in [-0.05, 0) is 24.1 Å². The van der Waals surface area contributed by atoms with Crippen LogP contribution >= 0.6 is 0 Å². The molecule has 1 aromatic rings. The van der Waals surface area contributed by atoms with E-state index in [1.54, 1.807) is 24.3 Å². The third-order valence-electron chi connectivity index (χ3n) is 3.75. The number of nitrogens with one attached hydrogen (secondary N) is 3. The number of carbonyl (C=O) groups excluding carboxylic acids is 3. The molecule has 0 bridgehead atoms. The lowest BCUT2D eigenvalue weighted by Crippen LogP contribution is -2.40. The molecule has 0 radical (unpaired) electrons. The fourth-order valence-electron chi connectivity index (χ4n) is 1.89. The Morgan fingerprint density at radius 3 is 2.23 bits per heavy atom. The number of ether oxygens (including phenoxy) is 1. The Bertz CT molecular complexity index is 599. The predicted molar refractivity (Wildman–Crippen MR) is 100 cm³/mol. The van der Waals surface area contributed by atoms with Crippen LogP contribution in [0, 0.1) is 5.92 Å². The highest BCUT2D eigenvalue weighted by Gasteiger charge is 2.12. The molecule has 7 heteroatoms. The molecular weight excluding hydrogens is 334 g/mol. The van der Waals surface area contributed by atoms with E-state index in [-0.39, 0.29) is 49.4 Å². The van der Waals surface area contributed by atoms with Gasteiger partial charge in [-0.15, -0.1) is 0 Å². The Hall–Kier alpha value is -2.41. The summed E-state index contributed by atoms with van der Waals surface area (Å²) in [6.07, 6.45) is 0.744. The van der Waals surface area contributed by atoms with Crippen molar-refractivity contribution < 1.29 is 19.1 Å². The summed E-state index contributed by atoms with van der Waals surface area (Å²) in [6, 6.07) is 7.23. The van der Waals surface area contributed by atoms with Gasteiger partial charge in [-0.1, -0.05) is 39.8 Å². The SMILES string of the molecule is CCC(C)C(=O)OCc1ccc(NC(=O)CNC(=O)CNC(C)C)cc1. The molecule has 3 N–H and O–H groups in total. The van der Waals surface area contributed by atoms with Crippen molar-refractivity contribution in [3.8, 4) is 0 Å². The van der Waals surface area contributed by atoms with Crippen molar-refractivity contribution in [3.05, 3.63) is 29.8 Å². The zero-order valence-corrected chi connectivity index (χ0v) is 15.9. The first kappa shape index (κ1) is 21.6. The van der Waals surface area contributed by atoms with Crippen LogP contribution in [0.1, 0.15) is 39.7 Å². The van der Waals surface area contributed by atoms with Gasteiger partial charge < -0.3 is 20.7 Å². The normalized spacial score (nSPS) is 11.7. The Morgan fingerprint density at radius 1 is 1.00 bits per heavy atom. The van der Waals surface area contributed by atoms with Crippen molar-refractivity contribution in [2.45, 2.75) is 46.8 Å². The third kappa shape index (κ3) is 8.62. The van der Waals surface area contributed by atoms with Crippen molar-refractivity contribution in [2.75, 3.05) is 18.4 Å².